The van der Waals surface area contributed by atoms with Crippen molar-refractivity contribution in [1.82, 2.24) is 4.57 Å². The number of hydrogen-bond acceptors (Lipinski definition) is 2. The van der Waals surface area contributed by atoms with Crippen LogP contribution in [-0.4, -0.2) is 22.8 Å². The van der Waals surface area contributed by atoms with E-state index in [2.05, 4.69) is 139 Å². The standard InChI is InChI=1S/C63H66N2O/c1-63(2)53-31-28-40(39-16-5-3-6-17-39)36-52(53)61-47(23-15-24-54(61)63)51-37-44(38-60-62(51)48-22-11-14-27-59(48)66-60)65-56-26-13-10-21-46(56)50-35-42(30-33-58(50)65)41-29-32-57-49(34-41)45-20-9-12-25-55(45)64(57)43-18-7-4-8-19-43/h7,9-11,14,16,18-23,30,33-38,46,50,54,56,58-59,61H,3-6,8,12-13,15,17,24-29,31-32H2,1-2H3. The molecule has 14 rings (SSSR count). The zero-order valence-corrected chi connectivity index (χ0v) is 39.3. The number of allylic oxidation sites excluding steroid dienone is 19. The van der Waals surface area contributed by atoms with Gasteiger partial charge in [-0.3, -0.25) is 0 Å². The van der Waals surface area contributed by atoms with Crippen molar-refractivity contribution < 1.29 is 4.74 Å². The lowest BCUT2D eigenvalue weighted by molar-refractivity contribution is 0.237. The number of hydrogen-bond donors (Lipinski definition) is 0. The molecule has 0 spiro atoms. The van der Waals surface area contributed by atoms with E-state index < -0.39 is 0 Å². The molecule has 12 aliphatic rings. The predicted molar refractivity (Wildman–Crippen MR) is 275 cm³/mol. The summed E-state index contributed by atoms with van der Waals surface area (Å²) >= 11 is 0. The summed E-state index contributed by atoms with van der Waals surface area (Å²) in [5, 5.41) is 0. The number of rotatable bonds is 5. The topological polar surface area (TPSA) is 17.4 Å². The van der Waals surface area contributed by atoms with Gasteiger partial charge in [-0.2, -0.15) is 0 Å². The molecule has 3 heteroatoms. The zero-order valence-electron chi connectivity index (χ0n) is 39.3. The number of fused-ring (bicyclic) bond motifs is 11. The van der Waals surface area contributed by atoms with E-state index in [1.54, 1.807) is 27.9 Å². The molecule has 1 aromatic carbocycles. The van der Waals surface area contributed by atoms with Crippen molar-refractivity contribution in [1.29, 1.82) is 0 Å². The summed E-state index contributed by atoms with van der Waals surface area (Å²) in [7, 11) is 0. The maximum absolute atomic E-state index is 7.11. The van der Waals surface area contributed by atoms with Crippen LogP contribution >= 0.6 is 0 Å². The van der Waals surface area contributed by atoms with Crippen LogP contribution in [0.1, 0.15) is 144 Å². The highest BCUT2D eigenvalue weighted by Crippen LogP contribution is 2.63. The van der Waals surface area contributed by atoms with Gasteiger partial charge < -0.3 is 14.2 Å². The van der Waals surface area contributed by atoms with Crippen molar-refractivity contribution in [2.24, 2.45) is 29.1 Å². The molecule has 0 bridgehead atoms. The molecule has 2 aliphatic heterocycles. The molecule has 1 aromatic heterocycles. The minimum Gasteiger partial charge on any atom is -0.485 e. The van der Waals surface area contributed by atoms with E-state index in [0.29, 0.717) is 35.8 Å². The highest BCUT2D eigenvalue weighted by Gasteiger charge is 2.52. The Kier molecular flexibility index (Phi) is 9.28. The summed E-state index contributed by atoms with van der Waals surface area (Å²) in [6.07, 6.45) is 62.7. The van der Waals surface area contributed by atoms with E-state index in [1.807, 2.05) is 0 Å². The minimum absolute atomic E-state index is 0.100. The maximum atomic E-state index is 7.11. The Morgan fingerprint density at radius 2 is 1.61 bits per heavy atom. The Bertz CT molecular complexity index is 2890. The van der Waals surface area contributed by atoms with Gasteiger partial charge >= 0.3 is 0 Å². The number of nitrogens with zero attached hydrogens (tertiary/aromatic N) is 2. The average Bonchev–Trinajstić information content (AvgIpc) is 4.08. The molecular formula is C63H66N2O. The summed E-state index contributed by atoms with van der Waals surface area (Å²) in [4.78, 5) is 2.88. The molecule has 3 heterocycles. The molecule has 2 aromatic rings. The van der Waals surface area contributed by atoms with Gasteiger partial charge in [0.25, 0.3) is 0 Å². The van der Waals surface area contributed by atoms with Crippen LogP contribution in [0.15, 0.2) is 137 Å². The van der Waals surface area contributed by atoms with Crippen LogP contribution in [0.2, 0.25) is 0 Å². The van der Waals surface area contributed by atoms with Crippen molar-refractivity contribution >= 4 is 34.7 Å². The quantitative estimate of drug-likeness (QED) is 0.279. The Hall–Kier alpha value is -5.28. The van der Waals surface area contributed by atoms with Crippen molar-refractivity contribution in [3.8, 4) is 5.75 Å². The fourth-order valence-electron chi connectivity index (χ4n) is 15.6. The second-order valence-electron chi connectivity index (χ2n) is 22.3. The van der Waals surface area contributed by atoms with Crippen LogP contribution in [-0.2, 0) is 12.8 Å². The second kappa shape index (κ2) is 15.4. The first kappa shape index (κ1) is 39.8. The molecule has 66 heavy (non-hydrogen) atoms. The van der Waals surface area contributed by atoms with Crippen molar-refractivity contribution in [3.05, 3.63) is 170 Å². The second-order valence-corrected chi connectivity index (χ2v) is 22.3. The third kappa shape index (κ3) is 5.99. The molecule has 0 radical (unpaired) electrons. The number of benzene rings is 1. The first-order chi connectivity index (χ1) is 32.5. The summed E-state index contributed by atoms with van der Waals surface area (Å²) in [6, 6.07) is 5.92. The molecule has 7 unspecified atom stereocenters. The Morgan fingerprint density at radius 3 is 2.52 bits per heavy atom. The molecule has 334 valence electrons. The summed E-state index contributed by atoms with van der Waals surface area (Å²) in [6.45, 7) is 5.19. The normalized spacial score (nSPS) is 31.7. The van der Waals surface area contributed by atoms with Gasteiger partial charge in [0.05, 0.1) is 6.04 Å². The third-order valence-corrected chi connectivity index (χ3v) is 18.6. The molecule has 0 amide bonds. The molecule has 3 nitrogen and oxygen atoms in total. The molecular weight excluding hydrogens is 801 g/mol. The number of anilines is 1. The van der Waals surface area contributed by atoms with Gasteiger partial charge in [0.15, 0.2) is 0 Å². The van der Waals surface area contributed by atoms with Crippen LogP contribution in [0, 0.1) is 29.1 Å². The highest BCUT2D eigenvalue weighted by atomic mass is 16.5. The molecule has 7 atom stereocenters. The van der Waals surface area contributed by atoms with Crippen molar-refractivity contribution in [2.45, 2.75) is 141 Å². The lowest BCUT2D eigenvalue weighted by atomic mass is 9.66. The lowest BCUT2D eigenvalue weighted by Gasteiger charge is -2.38. The SMILES string of the molecule is CC1(C)C2=C(C=C(C3=CCCCC3)CC2)C2C(c3cc(N4C5C=CC(C6=Cc7c8c(n(C9=CCCC=C9)c7CC6)CCC=C8)=CC5C5C=CCCC54)cc4c3C3=CC=CCC3O4)=CCCC21. The fraction of sp³-hybridized carbons (Fsp3) is 0.429. The smallest absolute Gasteiger partial charge is 0.130 e. The predicted octanol–water partition coefficient (Wildman–Crippen LogP) is 15.4. The fourth-order valence-corrected chi connectivity index (χ4v) is 15.6. The van der Waals surface area contributed by atoms with E-state index in [9.17, 15) is 0 Å². The molecule has 1 fully saturated rings. The maximum Gasteiger partial charge on any atom is 0.130 e. The van der Waals surface area contributed by atoms with Gasteiger partial charge in [0.2, 0.25) is 0 Å². The minimum atomic E-state index is 0.100. The van der Waals surface area contributed by atoms with Crippen LogP contribution in [0.25, 0.3) is 29.0 Å². The first-order valence-electron chi connectivity index (χ1n) is 26.4. The van der Waals surface area contributed by atoms with E-state index in [4.69, 9.17) is 4.74 Å². The van der Waals surface area contributed by atoms with Crippen LogP contribution in [0.5, 0.6) is 5.75 Å². The number of ether oxygens (including phenoxy) is 1. The lowest BCUT2D eigenvalue weighted by Crippen LogP contribution is -2.38. The van der Waals surface area contributed by atoms with Gasteiger partial charge in [0.1, 0.15) is 11.9 Å². The van der Waals surface area contributed by atoms with E-state index in [0.717, 1.165) is 63.5 Å². The van der Waals surface area contributed by atoms with Crippen LogP contribution < -0.4 is 9.64 Å². The Labute approximate surface area is 393 Å². The molecule has 10 aliphatic carbocycles. The van der Waals surface area contributed by atoms with Gasteiger partial charge in [0, 0.05) is 81.3 Å². The first-order valence-corrected chi connectivity index (χ1v) is 26.4. The van der Waals surface area contributed by atoms with Crippen LogP contribution in [0.3, 0.4) is 0 Å². The van der Waals surface area contributed by atoms with Crippen molar-refractivity contribution in [2.75, 3.05) is 4.90 Å². The Morgan fingerprint density at radius 1 is 0.682 bits per heavy atom. The average molecular weight is 867 g/mol. The van der Waals surface area contributed by atoms with Gasteiger partial charge in [-0.15, -0.1) is 0 Å². The third-order valence-electron chi connectivity index (χ3n) is 18.6. The van der Waals surface area contributed by atoms with E-state index in [1.165, 1.54) is 113 Å². The van der Waals surface area contributed by atoms with Crippen molar-refractivity contribution in [3.63, 3.8) is 0 Å². The zero-order chi connectivity index (χ0) is 43.7. The highest BCUT2D eigenvalue weighted by molar-refractivity contribution is 5.92. The Balaban J connectivity index is 0.858. The van der Waals surface area contributed by atoms with E-state index >= 15 is 0 Å². The van der Waals surface area contributed by atoms with Gasteiger partial charge in [-0.05, 0) is 171 Å². The monoisotopic (exact) mass is 867 g/mol. The van der Waals surface area contributed by atoms with E-state index in [-0.39, 0.29) is 11.5 Å². The van der Waals surface area contributed by atoms with Crippen LogP contribution in [0.4, 0.5) is 5.69 Å². The largest absolute Gasteiger partial charge is 0.485 e. The summed E-state index contributed by atoms with van der Waals surface area (Å²) in [5.74, 6) is 3.07. The summed E-state index contributed by atoms with van der Waals surface area (Å²) < 4.78 is 9.75. The molecule has 0 saturated carbocycles. The summed E-state index contributed by atoms with van der Waals surface area (Å²) in [5.41, 5.74) is 24.4. The molecule has 0 N–H and O–H groups in total. The molecule has 1 saturated heterocycles. The van der Waals surface area contributed by atoms with Gasteiger partial charge in [-0.1, -0.05) is 111 Å². The van der Waals surface area contributed by atoms with Gasteiger partial charge in [-0.25, -0.2) is 0 Å². The number of aromatic nitrogens is 1.